The van der Waals surface area contributed by atoms with Gasteiger partial charge >= 0.3 is 0 Å². The van der Waals surface area contributed by atoms with Crippen molar-refractivity contribution >= 4 is 28.4 Å². The van der Waals surface area contributed by atoms with Gasteiger partial charge in [-0.25, -0.2) is 0 Å². The maximum absolute atomic E-state index is 11.7. The second-order valence-electron chi connectivity index (χ2n) is 4.94. The molecule has 2 aromatic rings. The summed E-state index contributed by atoms with van der Waals surface area (Å²) in [5, 5.41) is 5.32. The fourth-order valence-corrected chi connectivity index (χ4v) is 2.60. The lowest BCUT2D eigenvalue weighted by molar-refractivity contribution is -0.118. The zero-order valence-electron chi connectivity index (χ0n) is 11.6. The van der Waals surface area contributed by atoms with Crippen molar-refractivity contribution in [1.29, 1.82) is 0 Å². The fraction of sp³-hybridized carbons (Fsp3) is 0.312. The smallest absolute Gasteiger partial charge is 0.230 e. The maximum atomic E-state index is 11.7. The Hall–Kier alpha value is -1.52. The molecule has 0 aliphatic carbocycles. The molecule has 0 fully saturated rings. The van der Waals surface area contributed by atoms with E-state index in [1.807, 2.05) is 19.1 Å². The van der Waals surface area contributed by atoms with Gasteiger partial charge in [0, 0.05) is 11.4 Å². The van der Waals surface area contributed by atoms with Gasteiger partial charge in [-0.3, -0.25) is 4.79 Å². The Bertz CT molecular complexity index is 585. The predicted molar refractivity (Wildman–Crippen MR) is 85.9 cm³/mol. The zero-order chi connectivity index (χ0) is 14.4. The highest BCUT2D eigenvalue weighted by molar-refractivity contribution is 8.00. The van der Waals surface area contributed by atoms with Crippen LogP contribution in [0.3, 0.4) is 0 Å². The highest BCUT2D eigenvalue weighted by atomic mass is 32.2. The van der Waals surface area contributed by atoms with Crippen LogP contribution in [0.15, 0.2) is 47.4 Å². The minimum atomic E-state index is 0.0588. The number of carbonyl (C=O) groups is 1. The number of amides is 1. The molecule has 0 heterocycles. The van der Waals surface area contributed by atoms with Gasteiger partial charge in [-0.05, 0) is 35.4 Å². The van der Waals surface area contributed by atoms with Crippen LogP contribution in [0.1, 0.15) is 6.92 Å². The van der Waals surface area contributed by atoms with Crippen LogP contribution in [0.5, 0.6) is 0 Å². The quantitative estimate of drug-likeness (QED) is 0.803. The average molecular weight is 288 g/mol. The summed E-state index contributed by atoms with van der Waals surface area (Å²) in [6, 6.07) is 14.5. The molecule has 0 aliphatic heterocycles. The molecule has 1 amide bonds. The molecule has 0 spiro atoms. The van der Waals surface area contributed by atoms with Gasteiger partial charge in [0.1, 0.15) is 0 Å². The van der Waals surface area contributed by atoms with E-state index in [-0.39, 0.29) is 5.91 Å². The molecular formula is C16H20N2OS. The number of hydrogen-bond acceptors (Lipinski definition) is 3. The van der Waals surface area contributed by atoms with E-state index in [0.29, 0.717) is 24.8 Å². The Morgan fingerprint density at radius 1 is 1.25 bits per heavy atom. The van der Waals surface area contributed by atoms with Crippen LogP contribution in [-0.4, -0.2) is 24.7 Å². The van der Waals surface area contributed by atoms with Gasteiger partial charge in [0.15, 0.2) is 0 Å². The molecule has 1 unspecified atom stereocenters. The van der Waals surface area contributed by atoms with Gasteiger partial charge in [0.25, 0.3) is 0 Å². The first-order valence-electron chi connectivity index (χ1n) is 6.77. The van der Waals surface area contributed by atoms with Crippen LogP contribution in [0.25, 0.3) is 10.8 Å². The maximum Gasteiger partial charge on any atom is 0.230 e. The van der Waals surface area contributed by atoms with Crippen LogP contribution in [0.2, 0.25) is 0 Å². The van der Waals surface area contributed by atoms with Crippen LogP contribution < -0.4 is 11.1 Å². The number of fused-ring (bicyclic) bond motifs is 1. The van der Waals surface area contributed by atoms with Gasteiger partial charge < -0.3 is 11.1 Å². The minimum absolute atomic E-state index is 0.0588. The topological polar surface area (TPSA) is 55.1 Å². The number of carbonyl (C=O) groups excluding carboxylic acids is 1. The summed E-state index contributed by atoms with van der Waals surface area (Å²) in [7, 11) is 0. The molecule has 0 saturated carbocycles. The SMILES string of the molecule is CC(CN)CNC(=O)CSc1ccc2ccccc2c1. The lowest BCUT2D eigenvalue weighted by atomic mass is 10.1. The van der Waals surface area contributed by atoms with Gasteiger partial charge in [0.2, 0.25) is 5.91 Å². The van der Waals surface area contributed by atoms with Gasteiger partial charge in [0.05, 0.1) is 5.75 Å². The molecular weight excluding hydrogens is 268 g/mol. The summed E-state index contributed by atoms with van der Waals surface area (Å²) in [5.41, 5.74) is 5.52. The summed E-state index contributed by atoms with van der Waals surface area (Å²) < 4.78 is 0. The second kappa shape index (κ2) is 7.31. The Morgan fingerprint density at radius 3 is 2.75 bits per heavy atom. The van der Waals surface area contributed by atoms with Crippen LogP contribution in [0.4, 0.5) is 0 Å². The van der Waals surface area contributed by atoms with E-state index >= 15 is 0 Å². The molecule has 2 aromatic carbocycles. The third-order valence-corrected chi connectivity index (χ3v) is 4.13. The van der Waals surface area contributed by atoms with Crippen molar-refractivity contribution in [3.05, 3.63) is 42.5 Å². The first-order valence-corrected chi connectivity index (χ1v) is 7.76. The van der Waals surface area contributed by atoms with E-state index in [0.717, 1.165) is 4.90 Å². The first kappa shape index (κ1) is 14.9. The largest absolute Gasteiger partial charge is 0.355 e. The average Bonchev–Trinajstić information content (AvgIpc) is 2.50. The summed E-state index contributed by atoms with van der Waals surface area (Å²) in [6.45, 7) is 3.27. The van der Waals surface area contributed by atoms with Crippen LogP contribution in [-0.2, 0) is 4.79 Å². The monoisotopic (exact) mass is 288 g/mol. The van der Waals surface area contributed by atoms with Crippen molar-refractivity contribution in [2.45, 2.75) is 11.8 Å². The Labute approximate surface area is 123 Å². The van der Waals surface area contributed by atoms with Gasteiger partial charge in [-0.2, -0.15) is 0 Å². The number of nitrogens with two attached hydrogens (primary N) is 1. The van der Waals surface area contributed by atoms with E-state index in [1.54, 1.807) is 11.8 Å². The van der Waals surface area contributed by atoms with Crippen LogP contribution in [0, 0.1) is 5.92 Å². The lowest BCUT2D eigenvalue weighted by Crippen LogP contribution is -2.32. The van der Waals surface area contributed by atoms with E-state index in [2.05, 4.69) is 35.6 Å². The molecule has 1 atom stereocenters. The van der Waals surface area contributed by atoms with E-state index in [9.17, 15) is 4.79 Å². The third kappa shape index (κ3) is 4.25. The number of hydrogen-bond donors (Lipinski definition) is 2. The number of thioether (sulfide) groups is 1. The number of nitrogens with one attached hydrogen (secondary N) is 1. The molecule has 2 rings (SSSR count). The first-order chi connectivity index (χ1) is 9.69. The molecule has 4 heteroatoms. The standard InChI is InChI=1S/C16H20N2OS/c1-12(9-17)10-18-16(19)11-20-15-7-6-13-4-2-3-5-14(13)8-15/h2-8,12H,9-11,17H2,1H3,(H,18,19). The molecule has 0 aromatic heterocycles. The molecule has 0 saturated heterocycles. The zero-order valence-corrected chi connectivity index (χ0v) is 12.5. The highest BCUT2D eigenvalue weighted by Crippen LogP contribution is 2.23. The van der Waals surface area contributed by atoms with Crippen molar-refractivity contribution < 1.29 is 4.79 Å². The Morgan fingerprint density at radius 2 is 2.00 bits per heavy atom. The lowest BCUT2D eigenvalue weighted by Gasteiger charge is -2.10. The van der Waals surface area contributed by atoms with E-state index in [4.69, 9.17) is 5.73 Å². The van der Waals surface area contributed by atoms with Crippen LogP contribution >= 0.6 is 11.8 Å². The molecule has 20 heavy (non-hydrogen) atoms. The van der Waals surface area contributed by atoms with Crippen molar-refractivity contribution in [3.8, 4) is 0 Å². The van der Waals surface area contributed by atoms with Crippen molar-refractivity contribution in [1.82, 2.24) is 5.32 Å². The van der Waals surface area contributed by atoms with Gasteiger partial charge in [-0.1, -0.05) is 37.3 Å². The van der Waals surface area contributed by atoms with E-state index < -0.39 is 0 Å². The van der Waals surface area contributed by atoms with Crippen molar-refractivity contribution in [2.75, 3.05) is 18.8 Å². The molecule has 0 aliphatic rings. The molecule has 3 nitrogen and oxygen atoms in total. The second-order valence-corrected chi connectivity index (χ2v) is 5.99. The summed E-state index contributed by atoms with van der Waals surface area (Å²) in [4.78, 5) is 12.8. The highest BCUT2D eigenvalue weighted by Gasteiger charge is 2.05. The number of rotatable bonds is 6. The molecule has 0 bridgehead atoms. The Kier molecular flexibility index (Phi) is 5.44. The van der Waals surface area contributed by atoms with E-state index in [1.165, 1.54) is 10.8 Å². The predicted octanol–water partition coefficient (Wildman–Crippen LogP) is 2.64. The molecule has 0 radical (unpaired) electrons. The Balaban J connectivity index is 1.87. The van der Waals surface area contributed by atoms with Crippen molar-refractivity contribution in [2.24, 2.45) is 11.7 Å². The third-order valence-electron chi connectivity index (χ3n) is 3.14. The van der Waals surface area contributed by atoms with Crippen molar-refractivity contribution in [3.63, 3.8) is 0 Å². The molecule has 106 valence electrons. The summed E-state index contributed by atoms with van der Waals surface area (Å²) in [6.07, 6.45) is 0. The minimum Gasteiger partial charge on any atom is -0.355 e. The number of benzene rings is 2. The molecule has 3 N–H and O–H groups in total. The normalized spacial score (nSPS) is 12.3. The summed E-state index contributed by atoms with van der Waals surface area (Å²) >= 11 is 1.56. The fourth-order valence-electron chi connectivity index (χ4n) is 1.83. The summed E-state index contributed by atoms with van der Waals surface area (Å²) in [5.74, 6) is 0.823. The van der Waals surface area contributed by atoms with Gasteiger partial charge in [-0.15, -0.1) is 11.8 Å².